The summed E-state index contributed by atoms with van der Waals surface area (Å²) in [6.45, 7) is -0.488. The zero-order valence-electron chi connectivity index (χ0n) is 9.41. The second-order valence-electron chi connectivity index (χ2n) is 3.50. The predicted octanol–water partition coefficient (Wildman–Crippen LogP) is 1.19. The summed E-state index contributed by atoms with van der Waals surface area (Å²) < 4.78 is 4.91. The van der Waals surface area contributed by atoms with Crippen LogP contribution in [-0.2, 0) is 4.79 Å². The molecule has 0 aliphatic carbocycles. The molecular formula is C12H11N3O3. The van der Waals surface area contributed by atoms with Crippen LogP contribution in [0.25, 0.3) is 11.3 Å². The highest BCUT2D eigenvalue weighted by Gasteiger charge is 2.08. The fraction of sp³-hybridized carbons (Fsp3) is 0.0833. The van der Waals surface area contributed by atoms with Gasteiger partial charge in [-0.05, 0) is 0 Å². The zero-order valence-corrected chi connectivity index (χ0v) is 9.41. The summed E-state index contributed by atoms with van der Waals surface area (Å²) in [5.74, 6) is -1.09. The predicted molar refractivity (Wildman–Crippen MR) is 65.0 cm³/mol. The number of nitrogens with two attached hydrogens (primary N) is 1. The van der Waals surface area contributed by atoms with Gasteiger partial charge >= 0.3 is 12.0 Å². The maximum atomic E-state index is 10.4. The Morgan fingerprint density at radius 2 is 2.06 bits per heavy atom. The topological polar surface area (TPSA) is 98.3 Å². The van der Waals surface area contributed by atoms with E-state index in [4.69, 9.17) is 15.6 Å². The van der Waals surface area contributed by atoms with Gasteiger partial charge in [0.2, 0.25) is 0 Å². The number of hydrogen-bond donors (Lipinski definition) is 2. The van der Waals surface area contributed by atoms with Gasteiger partial charge in [-0.15, -0.1) is 0 Å². The van der Waals surface area contributed by atoms with Crippen LogP contribution in [0.1, 0.15) is 0 Å². The van der Waals surface area contributed by atoms with E-state index in [1.807, 2.05) is 30.3 Å². The summed E-state index contributed by atoms with van der Waals surface area (Å²) in [6.07, 6.45) is 1.40. The normalized spacial score (nSPS) is 10.0. The molecule has 0 amide bonds. The first-order valence-electron chi connectivity index (χ1n) is 5.19. The van der Waals surface area contributed by atoms with Gasteiger partial charge in [-0.2, -0.15) is 4.98 Å². The number of ether oxygens (including phenoxy) is 1. The SMILES string of the molecule is Nc1cnc(OCC(=O)O)nc1-c1ccccc1. The molecule has 0 unspecified atom stereocenters. The number of aromatic nitrogens is 2. The van der Waals surface area contributed by atoms with Gasteiger partial charge in [0.1, 0.15) is 5.69 Å². The van der Waals surface area contributed by atoms with Crippen LogP contribution in [-0.4, -0.2) is 27.7 Å². The van der Waals surface area contributed by atoms with E-state index in [0.29, 0.717) is 11.4 Å². The van der Waals surface area contributed by atoms with E-state index in [9.17, 15) is 4.79 Å². The molecule has 92 valence electrons. The van der Waals surface area contributed by atoms with Crippen LogP contribution in [0.2, 0.25) is 0 Å². The molecule has 0 spiro atoms. The molecule has 6 heteroatoms. The Balaban J connectivity index is 2.30. The molecule has 1 aromatic carbocycles. The van der Waals surface area contributed by atoms with Crippen LogP contribution < -0.4 is 10.5 Å². The number of benzene rings is 1. The number of rotatable bonds is 4. The van der Waals surface area contributed by atoms with Crippen molar-refractivity contribution in [1.29, 1.82) is 0 Å². The Morgan fingerprint density at radius 3 is 2.72 bits per heavy atom. The Kier molecular flexibility index (Phi) is 3.38. The third-order valence-electron chi connectivity index (χ3n) is 2.17. The fourth-order valence-electron chi connectivity index (χ4n) is 1.40. The van der Waals surface area contributed by atoms with E-state index in [1.54, 1.807) is 0 Å². The first-order valence-corrected chi connectivity index (χ1v) is 5.19. The first-order chi connectivity index (χ1) is 8.66. The number of carbonyl (C=O) groups is 1. The van der Waals surface area contributed by atoms with Gasteiger partial charge in [0.05, 0.1) is 11.9 Å². The van der Waals surface area contributed by atoms with E-state index in [-0.39, 0.29) is 6.01 Å². The quantitative estimate of drug-likeness (QED) is 0.839. The molecular weight excluding hydrogens is 234 g/mol. The summed E-state index contributed by atoms with van der Waals surface area (Å²) in [5.41, 5.74) is 7.52. The summed E-state index contributed by atoms with van der Waals surface area (Å²) in [5, 5.41) is 8.51. The van der Waals surface area contributed by atoms with Crippen LogP contribution in [0.4, 0.5) is 5.69 Å². The van der Waals surface area contributed by atoms with Crippen molar-refractivity contribution >= 4 is 11.7 Å². The molecule has 6 nitrogen and oxygen atoms in total. The Morgan fingerprint density at radius 1 is 1.33 bits per heavy atom. The molecule has 1 aromatic heterocycles. The lowest BCUT2D eigenvalue weighted by Gasteiger charge is -2.06. The van der Waals surface area contributed by atoms with Crippen molar-refractivity contribution in [2.24, 2.45) is 0 Å². The number of nitrogens with zero attached hydrogens (tertiary/aromatic N) is 2. The van der Waals surface area contributed by atoms with Crippen LogP contribution >= 0.6 is 0 Å². The van der Waals surface area contributed by atoms with Crippen molar-refractivity contribution in [3.05, 3.63) is 36.5 Å². The number of anilines is 1. The number of nitrogen functional groups attached to an aromatic ring is 1. The van der Waals surface area contributed by atoms with E-state index in [1.165, 1.54) is 6.20 Å². The summed E-state index contributed by atoms with van der Waals surface area (Å²) in [6, 6.07) is 9.27. The Bertz CT molecular complexity index is 558. The van der Waals surface area contributed by atoms with Crippen molar-refractivity contribution in [2.45, 2.75) is 0 Å². The standard InChI is InChI=1S/C12H11N3O3/c13-9-6-14-12(18-7-10(16)17)15-11(9)8-4-2-1-3-5-8/h1-6H,7,13H2,(H,16,17). The lowest BCUT2D eigenvalue weighted by Crippen LogP contribution is -2.11. The molecule has 0 radical (unpaired) electrons. The van der Waals surface area contributed by atoms with E-state index < -0.39 is 12.6 Å². The summed E-state index contributed by atoms with van der Waals surface area (Å²) in [7, 11) is 0. The van der Waals surface area contributed by atoms with Crippen molar-refractivity contribution in [3.63, 3.8) is 0 Å². The van der Waals surface area contributed by atoms with Gasteiger partial charge in [-0.3, -0.25) is 0 Å². The summed E-state index contributed by atoms with van der Waals surface area (Å²) in [4.78, 5) is 18.3. The molecule has 0 atom stereocenters. The van der Waals surface area contributed by atoms with E-state index in [0.717, 1.165) is 5.56 Å². The number of hydrogen-bond acceptors (Lipinski definition) is 5. The summed E-state index contributed by atoms with van der Waals surface area (Å²) >= 11 is 0. The molecule has 18 heavy (non-hydrogen) atoms. The molecule has 0 saturated heterocycles. The van der Waals surface area contributed by atoms with E-state index in [2.05, 4.69) is 9.97 Å². The van der Waals surface area contributed by atoms with E-state index >= 15 is 0 Å². The third-order valence-corrected chi connectivity index (χ3v) is 2.17. The molecule has 3 N–H and O–H groups in total. The highest BCUT2D eigenvalue weighted by Crippen LogP contribution is 2.24. The smallest absolute Gasteiger partial charge is 0.341 e. The number of carboxylic acid groups (broad SMARTS) is 1. The minimum Gasteiger partial charge on any atom is -0.479 e. The van der Waals surface area contributed by atoms with Crippen LogP contribution in [0, 0.1) is 0 Å². The molecule has 0 fully saturated rings. The van der Waals surface area contributed by atoms with Gasteiger partial charge in [0.25, 0.3) is 0 Å². The van der Waals surface area contributed by atoms with Crippen molar-refractivity contribution in [3.8, 4) is 17.3 Å². The maximum absolute atomic E-state index is 10.4. The second kappa shape index (κ2) is 5.13. The van der Waals surface area contributed by atoms with Crippen molar-refractivity contribution < 1.29 is 14.6 Å². The highest BCUT2D eigenvalue weighted by atomic mass is 16.5. The molecule has 0 aliphatic rings. The number of aliphatic carboxylic acids is 1. The van der Waals surface area contributed by atoms with Crippen LogP contribution in [0.3, 0.4) is 0 Å². The Labute approximate surface area is 103 Å². The zero-order chi connectivity index (χ0) is 13.0. The monoisotopic (exact) mass is 245 g/mol. The maximum Gasteiger partial charge on any atom is 0.341 e. The van der Waals surface area contributed by atoms with Crippen LogP contribution in [0.15, 0.2) is 36.5 Å². The average molecular weight is 245 g/mol. The lowest BCUT2D eigenvalue weighted by molar-refractivity contribution is -0.139. The van der Waals surface area contributed by atoms with Crippen molar-refractivity contribution in [1.82, 2.24) is 9.97 Å². The highest BCUT2D eigenvalue weighted by molar-refractivity contribution is 5.72. The van der Waals surface area contributed by atoms with Gasteiger partial charge in [0, 0.05) is 5.56 Å². The minimum absolute atomic E-state index is 0.00884. The average Bonchev–Trinajstić information content (AvgIpc) is 2.38. The molecule has 0 bridgehead atoms. The largest absolute Gasteiger partial charge is 0.479 e. The fourth-order valence-corrected chi connectivity index (χ4v) is 1.40. The van der Waals surface area contributed by atoms with Gasteiger partial charge in [-0.25, -0.2) is 9.78 Å². The second-order valence-corrected chi connectivity index (χ2v) is 3.50. The molecule has 2 rings (SSSR count). The minimum atomic E-state index is -1.09. The van der Waals surface area contributed by atoms with Crippen LogP contribution in [0.5, 0.6) is 6.01 Å². The number of carboxylic acids is 1. The first kappa shape index (κ1) is 11.8. The molecule has 0 aliphatic heterocycles. The Hall–Kier alpha value is -2.63. The molecule has 0 saturated carbocycles. The lowest BCUT2D eigenvalue weighted by atomic mass is 10.1. The molecule has 1 heterocycles. The van der Waals surface area contributed by atoms with Gasteiger partial charge < -0.3 is 15.6 Å². The van der Waals surface area contributed by atoms with Gasteiger partial charge in [-0.1, -0.05) is 30.3 Å². The third kappa shape index (κ3) is 2.73. The van der Waals surface area contributed by atoms with Crippen molar-refractivity contribution in [2.75, 3.05) is 12.3 Å². The molecule has 2 aromatic rings. The van der Waals surface area contributed by atoms with Gasteiger partial charge in [0.15, 0.2) is 6.61 Å².